The van der Waals surface area contributed by atoms with Gasteiger partial charge in [0.05, 0.1) is 22.3 Å². The molecular weight excluding hydrogens is 803 g/mol. The molecular formula is C62H69N3O. The highest BCUT2D eigenvalue weighted by Gasteiger charge is 2.29. The molecule has 4 nitrogen and oxygen atoms in total. The van der Waals surface area contributed by atoms with Crippen LogP contribution in [0.2, 0.25) is 0 Å². The van der Waals surface area contributed by atoms with Gasteiger partial charge in [-0.1, -0.05) is 181 Å². The molecule has 0 fully saturated rings. The first-order chi connectivity index (χ1) is 38.5. The van der Waals surface area contributed by atoms with Crippen LogP contribution in [-0.2, 0) is 28.1 Å². The van der Waals surface area contributed by atoms with Crippen molar-refractivity contribution >= 4 is 11.0 Å². The smallest absolute Gasteiger partial charge is 0.149 e. The number of para-hydroxylation sites is 1. The van der Waals surface area contributed by atoms with Gasteiger partial charge in [-0.05, 0) is 133 Å². The average molecular weight is 890 g/mol. The van der Waals surface area contributed by atoms with Crippen molar-refractivity contribution in [1.29, 1.82) is 0 Å². The number of hydrogen-bond donors (Lipinski definition) is 1. The van der Waals surface area contributed by atoms with Crippen molar-refractivity contribution in [2.45, 2.75) is 125 Å². The molecule has 0 unspecified atom stereocenters. The van der Waals surface area contributed by atoms with Crippen LogP contribution in [0.5, 0.6) is 5.75 Å². The number of nitrogens with zero attached hydrogens (tertiary/aromatic N) is 3. The van der Waals surface area contributed by atoms with Crippen LogP contribution in [-0.4, -0.2) is 19.6 Å². The van der Waals surface area contributed by atoms with Crippen LogP contribution in [0.25, 0.3) is 72.7 Å². The van der Waals surface area contributed by atoms with Gasteiger partial charge in [0.2, 0.25) is 0 Å². The fraction of sp³-hybridized carbons (Fsp3) is 0.323. The Morgan fingerprint density at radius 3 is 1.89 bits per heavy atom. The summed E-state index contributed by atoms with van der Waals surface area (Å²) in [6.07, 6.45) is 2.26. The largest absolute Gasteiger partial charge is 0.507 e. The zero-order valence-corrected chi connectivity index (χ0v) is 38.9. The fourth-order valence-electron chi connectivity index (χ4n) is 8.60. The molecule has 0 spiro atoms. The van der Waals surface area contributed by atoms with Gasteiger partial charge in [-0.3, -0.25) is 9.55 Å². The first kappa shape index (κ1) is 28.7. The van der Waals surface area contributed by atoms with E-state index >= 15 is 0 Å². The molecule has 0 aliphatic carbocycles. The summed E-state index contributed by atoms with van der Waals surface area (Å²) in [4.78, 5) is 10.1. The Bertz CT molecular complexity index is 3660. The Hall–Kier alpha value is -6.26. The maximum atomic E-state index is 13.0. The topological polar surface area (TPSA) is 50.9 Å². The molecule has 1 N–H and O–H groups in total. The third-order valence-corrected chi connectivity index (χ3v) is 12.2. The number of fused-ring (bicyclic) bond motifs is 1. The van der Waals surface area contributed by atoms with Crippen LogP contribution < -0.4 is 0 Å². The van der Waals surface area contributed by atoms with E-state index < -0.39 is 79.8 Å². The summed E-state index contributed by atoms with van der Waals surface area (Å²) in [5, 5.41) is 13.0. The molecule has 0 atom stereocenters. The highest BCUT2D eigenvalue weighted by Crippen LogP contribution is 2.45. The van der Waals surface area contributed by atoms with Crippen molar-refractivity contribution in [1.82, 2.24) is 14.5 Å². The average Bonchev–Trinajstić information content (AvgIpc) is 0.792. The number of pyridine rings is 1. The molecule has 2 heterocycles. The van der Waals surface area contributed by atoms with Crippen molar-refractivity contribution in [2.24, 2.45) is 5.92 Å². The van der Waals surface area contributed by atoms with Crippen LogP contribution in [0, 0.1) is 5.92 Å². The third kappa shape index (κ3) is 9.38. The van der Waals surface area contributed by atoms with Crippen molar-refractivity contribution in [3.63, 3.8) is 0 Å². The van der Waals surface area contributed by atoms with Gasteiger partial charge in [0.25, 0.3) is 0 Å². The summed E-state index contributed by atoms with van der Waals surface area (Å²) in [5.41, 5.74) is -2.18. The molecule has 8 rings (SSSR count). The predicted octanol–water partition coefficient (Wildman–Crippen LogP) is 16.8. The maximum Gasteiger partial charge on any atom is 0.149 e. The molecule has 4 heteroatoms. The minimum atomic E-state index is -4.12. The van der Waals surface area contributed by atoms with Crippen molar-refractivity contribution in [3.05, 3.63) is 167 Å². The van der Waals surface area contributed by atoms with E-state index in [2.05, 4.69) is 71.9 Å². The second-order valence-electron chi connectivity index (χ2n) is 20.0. The maximum absolute atomic E-state index is 13.0. The van der Waals surface area contributed by atoms with E-state index in [1.807, 2.05) is 80.6 Å². The second-order valence-corrected chi connectivity index (χ2v) is 20.0. The lowest BCUT2D eigenvalue weighted by Crippen LogP contribution is -2.17. The number of hydrogen-bond acceptors (Lipinski definition) is 3. The van der Waals surface area contributed by atoms with Gasteiger partial charge in [0.15, 0.2) is 0 Å². The van der Waals surface area contributed by atoms with Crippen LogP contribution >= 0.6 is 0 Å². The fourth-order valence-corrected chi connectivity index (χ4v) is 8.60. The van der Waals surface area contributed by atoms with E-state index in [1.54, 1.807) is 30.5 Å². The van der Waals surface area contributed by atoms with Crippen molar-refractivity contribution in [2.75, 3.05) is 0 Å². The van der Waals surface area contributed by atoms with Crippen molar-refractivity contribution in [3.8, 4) is 67.5 Å². The van der Waals surface area contributed by atoms with E-state index in [0.717, 1.165) is 45.0 Å². The number of aromatic hydroxyl groups is 1. The van der Waals surface area contributed by atoms with Crippen molar-refractivity contribution < 1.29 is 29.8 Å². The molecule has 338 valence electrons. The summed E-state index contributed by atoms with van der Waals surface area (Å²) in [5.74, 6) is -1.63. The molecule has 0 amide bonds. The Balaban J connectivity index is 1.56. The molecule has 0 radical (unpaired) electrons. The monoisotopic (exact) mass is 890 g/mol. The van der Waals surface area contributed by atoms with Gasteiger partial charge in [-0.15, -0.1) is 0 Å². The van der Waals surface area contributed by atoms with Crippen LogP contribution in [0.4, 0.5) is 0 Å². The second kappa shape index (κ2) is 17.2. The summed E-state index contributed by atoms with van der Waals surface area (Å²) >= 11 is 0. The number of rotatable bonds is 8. The zero-order valence-electron chi connectivity index (χ0n) is 56.9. The lowest BCUT2D eigenvalue weighted by Gasteiger charge is -2.27. The van der Waals surface area contributed by atoms with Crippen LogP contribution in [0.3, 0.4) is 0 Å². The number of phenols is 1. The Morgan fingerprint density at radius 2 is 1.23 bits per heavy atom. The lowest BCUT2D eigenvalue weighted by molar-refractivity contribution is 0.446. The molecule has 0 saturated heterocycles. The molecule has 66 heavy (non-hydrogen) atoms. The van der Waals surface area contributed by atoms with E-state index in [4.69, 9.17) is 34.6 Å². The first-order valence-corrected chi connectivity index (χ1v) is 22.3. The highest BCUT2D eigenvalue weighted by molar-refractivity contribution is 5.97. The number of phenolic OH excluding ortho intramolecular Hbond substituents is 1. The van der Waals surface area contributed by atoms with Gasteiger partial charge >= 0.3 is 0 Å². The van der Waals surface area contributed by atoms with Gasteiger partial charge < -0.3 is 5.11 Å². The van der Waals surface area contributed by atoms with E-state index in [9.17, 15) is 5.11 Å². The van der Waals surface area contributed by atoms with E-state index in [-0.39, 0.29) is 22.7 Å². The van der Waals surface area contributed by atoms with Gasteiger partial charge in [-0.2, -0.15) is 0 Å². The minimum absolute atomic E-state index is 0.0574. The Morgan fingerprint density at radius 1 is 0.545 bits per heavy atom. The molecule has 0 saturated carbocycles. The van der Waals surface area contributed by atoms with Gasteiger partial charge in [-0.25, -0.2) is 4.98 Å². The third-order valence-electron chi connectivity index (χ3n) is 12.2. The molecule has 0 aliphatic rings. The number of benzene rings is 6. The van der Waals surface area contributed by atoms with E-state index in [1.165, 1.54) is 10.1 Å². The Kier molecular flexibility index (Phi) is 7.48. The quantitative estimate of drug-likeness (QED) is 0.165. The van der Waals surface area contributed by atoms with Crippen LogP contribution in [0.1, 0.15) is 149 Å². The zero-order chi connectivity index (χ0) is 62.5. The number of imidazole rings is 1. The predicted molar refractivity (Wildman–Crippen MR) is 281 cm³/mol. The van der Waals surface area contributed by atoms with E-state index in [0.29, 0.717) is 40.5 Å². The summed E-state index contributed by atoms with van der Waals surface area (Å²) in [6.45, 7) is -7.77. The molecule has 0 aliphatic heterocycles. The standard InChI is InChI=1S/C62H69N3O/c1-39(2)31-43-35-49(27-28-50(43)41-19-16-15-17-20-41)65-55-22-18-21-51(56(55)64-58(65)52-37-48(61(9,10)11)38-53(57(52)66)62(12,13)14)44-32-45(34-47(33-44)60(6,7)8)54-36-42(29-30-63-54)40-23-25-46(26-24-40)59(3,4)5/h15-30,32-39,66H,31H2,1-14H3/i9D3,10D3,11D3,12D3,13D3,14D3. The first-order valence-electron chi connectivity index (χ1n) is 31.3. The Labute approximate surface area is 420 Å². The molecule has 0 bridgehead atoms. The van der Waals surface area contributed by atoms with Crippen LogP contribution in [0.15, 0.2) is 140 Å². The lowest BCUT2D eigenvalue weighted by atomic mass is 9.79. The molecule has 6 aromatic carbocycles. The summed E-state index contributed by atoms with van der Waals surface area (Å²) < 4.78 is 160. The highest BCUT2D eigenvalue weighted by atomic mass is 16.3. The SMILES string of the molecule is [2H]C([2H])([2H])C(c1cc(-c2nc3c(-c4cc(-c5cc(-c6ccc(C(C)(C)C)cc6)ccn5)cc(C(C)(C)C)c4)cccc3n2-c2ccc(-c3ccccc3)c(CC(C)C)c2)c(O)c(C(C([2H])([2H])[2H])(C([2H])([2H])[2H])C([2H])([2H])[2H])c1)(C([2H])([2H])[2H])C([2H])([2H])[2H]. The molecule has 2 aromatic heterocycles. The summed E-state index contributed by atoms with van der Waals surface area (Å²) in [7, 11) is 0. The normalized spacial score (nSPS) is 17.8. The van der Waals surface area contributed by atoms with Gasteiger partial charge in [0.1, 0.15) is 11.6 Å². The molecule has 8 aromatic rings. The summed E-state index contributed by atoms with van der Waals surface area (Å²) in [6, 6.07) is 39.7. The van der Waals surface area contributed by atoms with Gasteiger partial charge in [0, 0.05) is 53.2 Å². The minimum Gasteiger partial charge on any atom is -0.507 e. The number of aromatic nitrogens is 3.